The maximum Gasteiger partial charge on any atom is 0.417 e. The highest BCUT2D eigenvalue weighted by Gasteiger charge is 2.38. The number of fused-ring (bicyclic) bond motifs is 2. The normalized spacial score (nSPS) is 15.2. The largest absolute Gasteiger partial charge is 0.417 e. The lowest BCUT2D eigenvalue weighted by molar-refractivity contribution is -0.670. The molecule has 1 aliphatic rings. The second-order valence-corrected chi connectivity index (χ2v) is 15.1. The van der Waals surface area contributed by atoms with E-state index in [-0.39, 0.29) is 38.2 Å². The summed E-state index contributed by atoms with van der Waals surface area (Å²) in [6.45, 7) is 8.53. The van der Waals surface area contributed by atoms with Crippen LogP contribution in [0.1, 0.15) is 43.6 Å². The zero-order chi connectivity index (χ0) is 37.7. The lowest BCUT2D eigenvalue weighted by Crippen LogP contribution is -2.35. The second-order valence-electron chi connectivity index (χ2n) is 11.6. The van der Waals surface area contributed by atoms with E-state index in [4.69, 9.17) is 21.4 Å². The highest BCUT2D eigenvalue weighted by Crippen LogP contribution is 2.48. The third-order valence-corrected chi connectivity index (χ3v) is 9.94. The first kappa shape index (κ1) is 40.1. The number of anilines is 2. The predicted molar refractivity (Wildman–Crippen MR) is 189 cm³/mol. The van der Waals surface area contributed by atoms with Crippen molar-refractivity contribution in [1.29, 1.82) is 0 Å². The Kier molecular flexibility index (Phi) is 12.8. The van der Waals surface area contributed by atoms with E-state index in [0.717, 1.165) is 28.5 Å². The Hall–Kier alpha value is -3.71. The minimum atomic E-state index is -4.75. The molecule has 12 nitrogen and oxygen atoms in total. The number of aryl methyl sites for hydroxylation is 2. The van der Waals surface area contributed by atoms with Gasteiger partial charge in [-0.15, -0.1) is 0 Å². The molecular formula is C33H39ClF3N4O8S2+. The first-order valence-electron chi connectivity index (χ1n) is 15.7. The lowest BCUT2D eigenvalue weighted by atomic mass is 10.1. The molecule has 1 aliphatic heterocycles. The molecule has 0 atom stereocenters. The zero-order valence-electron chi connectivity index (χ0n) is 28.1. The van der Waals surface area contributed by atoms with Crippen LogP contribution in [0.4, 0.5) is 24.5 Å². The van der Waals surface area contributed by atoms with Gasteiger partial charge in [-0.25, -0.2) is 18.9 Å². The summed E-state index contributed by atoms with van der Waals surface area (Å²) in [6, 6.07) is 7.79. The Labute approximate surface area is 299 Å². The molecule has 4 rings (SSSR count). The Morgan fingerprint density at radius 1 is 1.04 bits per heavy atom. The predicted octanol–water partition coefficient (Wildman–Crippen LogP) is 6.53. The van der Waals surface area contributed by atoms with Crippen LogP contribution in [0.2, 0.25) is 5.02 Å². The molecule has 51 heavy (non-hydrogen) atoms. The van der Waals surface area contributed by atoms with E-state index in [0.29, 0.717) is 23.6 Å². The molecule has 2 aromatic carbocycles. The number of alkyl halides is 3. The third-order valence-electron chi connectivity index (χ3n) is 8.02. The second kappa shape index (κ2) is 16.3. The van der Waals surface area contributed by atoms with Gasteiger partial charge in [-0.1, -0.05) is 42.0 Å². The van der Waals surface area contributed by atoms with E-state index < -0.39 is 48.5 Å². The molecule has 0 bridgehead atoms. The van der Waals surface area contributed by atoms with Gasteiger partial charge in [0.05, 0.1) is 53.7 Å². The number of halogens is 4. The van der Waals surface area contributed by atoms with Crippen LogP contribution in [-0.4, -0.2) is 55.7 Å². The Morgan fingerprint density at radius 3 is 2.29 bits per heavy atom. The summed E-state index contributed by atoms with van der Waals surface area (Å²) >= 11 is 6.04. The highest BCUT2D eigenvalue weighted by atomic mass is 35.5. The molecule has 18 heteroatoms. The molecule has 2 N–H and O–H groups in total. The van der Waals surface area contributed by atoms with E-state index >= 15 is 0 Å². The smallest absolute Gasteiger partial charge is 0.326 e. The maximum absolute atomic E-state index is 13.8. The molecule has 1 aromatic heterocycles. The SMILES string of the molecule is C=CN1\C(=C/C=C(C)\C=C\c2n(CCCS(=O)(=O)O)c3cc(COOC)ccc3[n+]2CC)N(CCCS(=O)(=O)O)c2cc(C(F)(F)F)c(Cl)cc21. The van der Waals surface area contributed by atoms with Crippen LogP contribution in [0.25, 0.3) is 17.1 Å². The summed E-state index contributed by atoms with van der Waals surface area (Å²) in [7, 11) is -7.11. The van der Waals surface area contributed by atoms with Gasteiger partial charge in [-0.05, 0) is 56.2 Å². The van der Waals surface area contributed by atoms with Gasteiger partial charge < -0.3 is 9.80 Å². The van der Waals surface area contributed by atoms with Crippen LogP contribution < -0.4 is 14.4 Å². The Morgan fingerprint density at radius 2 is 1.71 bits per heavy atom. The molecule has 0 unspecified atom stereocenters. The summed E-state index contributed by atoms with van der Waals surface area (Å²) in [5.74, 6) is 0.0654. The maximum atomic E-state index is 13.8. The van der Waals surface area contributed by atoms with Crippen molar-refractivity contribution in [2.75, 3.05) is 35.0 Å². The molecule has 3 aromatic rings. The van der Waals surface area contributed by atoms with Crippen molar-refractivity contribution in [2.24, 2.45) is 0 Å². The summed E-state index contributed by atoms with van der Waals surface area (Å²) < 4.78 is 110. The molecular weight excluding hydrogens is 737 g/mol. The molecule has 2 heterocycles. The van der Waals surface area contributed by atoms with Crippen molar-refractivity contribution < 1.29 is 53.5 Å². The minimum absolute atomic E-state index is 0.0534. The van der Waals surface area contributed by atoms with Crippen molar-refractivity contribution in [3.8, 4) is 0 Å². The third kappa shape index (κ3) is 10.0. The van der Waals surface area contributed by atoms with Gasteiger partial charge in [-0.2, -0.15) is 30.0 Å². The Bertz CT molecular complexity index is 2100. The number of allylic oxidation sites excluding steroid dienone is 4. The standard InChI is InChI=1S/C33H38ClF3N4O8S2/c1-5-38-27-12-11-24(22-49-48-4)19-28(27)40(15-7-17-50(42,43)44)31(38)13-9-23(3)10-14-32-39(6-2)30-21-26(34)25(33(35,36)37)20-29(30)41(32)16-8-18-51(45,46)47/h6,9-14,19-21H,2,5,7-8,15-18,22H2,1,3-4H3,(H-,42,43,44,45,46,47)/p+1. The van der Waals surface area contributed by atoms with E-state index in [9.17, 15) is 39.1 Å². The topological polar surface area (TPSA) is 142 Å². The average molecular weight is 776 g/mol. The van der Waals surface area contributed by atoms with Crippen LogP contribution in [0.5, 0.6) is 0 Å². The van der Waals surface area contributed by atoms with Crippen LogP contribution in [-0.2, 0) is 55.9 Å². The highest BCUT2D eigenvalue weighted by molar-refractivity contribution is 7.86. The van der Waals surface area contributed by atoms with Crippen LogP contribution >= 0.6 is 11.6 Å². The number of rotatable bonds is 16. The number of hydrogen-bond donors (Lipinski definition) is 2. The molecule has 0 radical (unpaired) electrons. The summed E-state index contributed by atoms with van der Waals surface area (Å²) in [6.07, 6.45) is 3.73. The van der Waals surface area contributed by atoms with Crippen LogP contribution in [0, 0.1) is 0 Å². The van der Waals surface area contributed by atoms with Gasteiger partial charge >= 0.3 is 6.18 Å². The summed E-state index contributed by atoms with van der Waals surface area (Å²) in [5, 5.41) is -0.517. The van der Waals surface area contributed by atoms with Crippen molar-refractivity contribution in [2.45, 2.75) is 52.6 Å². The summed E-state index contributed by atoms with van der Waals surface area (Å²) in [4.78, 5) is 12.9. The number of aromatic nitrogens is 2. The lowest BCUT2D eigenvalue weighted by Gasteiger charge is -2.23. The van der Waals surface area contributed by atoms with Crippen molar-refractivity contribution >= 4 is 60.3 Å². The van der Waals surface area contributed by atoms with E-state index in [1.54, 1.807) is 19.1 Å². The average Bonchev–Trinajstić information content (AvgIpc) is 3.49. The fourth-order valence-corrected chi connectivity index (χ4v) is 7.05. The first-order valence-corrected chi connectivity index (χ1v) is 19.3. The zero-order valence-corrected chi connectivity index (χ0v) is 30.5. The van der Waals surface area contributed by atoms with E-state index in [1.807, 2.05) is 46.4 Å². The molecule has 0 fully saturated rings. The van der Waals surface area contributed by atoms with Gasteiger partial charge in [0.1, 0.15) is 12.4 Å². The number of benzene rings is 2. The van der Waals surface area contributed by atoms with Crippen molar-refractivity contribution in [3.05, 3.63) is 94.7 Å². The van der Waals surface area contributed by atoms with E-state index in [2.05, 4.69) is 6.58 Å². The molecule has 0 saturated carbocycles. The monoisotopic (exact) mass is 775 g/mol. The fraction of sp³-hybridized carbons (Fsp3) is 0.364. The van der Waals surface area contributed by atoms with Gasteiger partial charge in [0.15, 0.2) is 11.0 Å². The quantitative estimate of drug-likeness (QED) is 0.0543. The molecule has 0 amide bonds. The molecule has 0 saturated heterocycles. The first-order chi connectivity index (χ1) is 23.9. The molecule has 0 spiro atoms. The molecule has 278 valence electrons. The summed E-state index contributed by atoms with van der Waals surface area (Å²) in [5.41, 5.74) is 2.57. The minimum Gasteiger partial charge on any atom is -0.326 e. The van der Waals surface area contributed by atoms with Gasteiger partial charge in [-0.3, -0.25) is 9.11 Å². The van der Waals surface area contributed by atoms with E-state index in [1.165, 1.54) is 29.2 Å². The fourth-order valence-electron chi connectivity index (χ4n) is 5.80. The van der Waals surface area contributed by atoms with Gasteiger partial charge in [0, 0.05) is 25.2 Å². The van der Waals surface area contributed by atoms with Crippen molar-refractivity contribution in [1.82, 2.24) is 4.57 Å². The Balaban J connectivity index is 1.77. The number of nitrogens with zero attached hydrogens (tertiary/aromatic N) is 4. The van der Waals surface area contributed by atoms with Gasteiger partial charge in [0.2, 0.25) is 0 Å². The van der Waals surface area contributed by atoms with Gasteiger partial charge in [0.25, 0.3) is 26.1 Å². The van der Waals surface area contributed by atoms with Crippen LogP contribution in [0.15, 0.2) is 72.7 Å². The number of imidazole rings is 1. The number of hydrogen-bond acceptors (Lipinski definition) is 8. The molecule has 0 aliphatic carbocycles. The van der Waals surface area contributed by atoms with Crippen molar-refractivity contribution in [3.63, 3.8) is 0 Å². The van der Waals surface area contributed by atoms with Crippen LogP contribution in [0.3, 0.4) is 0 Å².